The van der Waals surface area contributed by atoms with Gasteiger partial charge in [0.05, 0.1) is 13.2 Å². The quantitative estimate of drug-likeness (QED) is 0.783. The molecule has 0 bridgehead atoms. The molecule has 2 aliphatic rings. The molecular formula is C20H30N4O3. The average Bonchev–Trinajstić information content (AvgIpc) is 3.09. The number of ether oxygens (including phenoxy) is 1. The van der Waals surface area contributed by atoms with Crippen LogP contribution in [0.25, 0.3) is 0 Å². The average molecular weight is 374 g/mol. The van der Waals surface area contributed by atoms with Crippen LogP contribution in [0.5, 0.6) is 5.75 Å². The van der Waals surface area contributed by atoms with Gasteiger partial charge in [-0.25, -0.2) is 4.79 Å². The van der Waals surface area contributed by atoms with E-state index < -0.39 is 6.03 Å². The van der Waals surface area contributed by atoms with Gasteiger partial charge in [0.25, 0.3) is 0 Å². The van der Waals surface area contributed by atoms with Crippen LogP contribution in [0.15, 0.2) is 18.2 Å². The van der Waals surface area contributed by atoms with E-state index in [9.17, 15) is 9.59 Å². The van der Waals surface area contributed by atoms with E-state index in [-0.39, 0.29) is 12.5 Å². The molecule has 1 aromatic rings. The monoisotopic (exact) mass is 374 g/mol. The maximum Gasteiger partial charge on any atom is 0.321 e. The van der Waals surface area contributed by atoms with Crippen LogP contribution >= 0.6 is 0 Å². The third kappa shape index (κ3) is 5.94. The van der Waals surface area contributed by atoms with Crippen molar-refractivity contribution in [3.8, 4) is 5.75 Å². The van der Waals surface area contributed by atoms with Crippen LogP contribution in [0.3, 0.4) is 0 Å². The second kappa shape index (κ2) is 9.19. The number of fused-ring (bicyclic) bond motifs is 1. The molecule has 2 heterocycles. The number of nitrogens with one attached hydrogen (secondary N) is 2. The smallest absolute Gasteiger partial charge is 0.321 e. The van der Waals surface area contributed by atoms with Crippen LogP contribution < -0.4 is 15.4 Å². The zero-order chi connectivity index (χ0) is 19.2. The fraction of sp³-hybridized carbons (Fsp3) is 0.600. The Morgan fingerprint density at radius 1 is 1.15 bits per heavy atom. The van der Waals surface area contributed by atoms with E-state index in [2.05, 4.69) is 38.6 Å². The minimum Gasteiger partial charge on any atom is -0.493 e. The predicted molar refractivity (Wildman–Crippen MR) is 104 cm³/mol. The Morgan fingerprint density at radius 3 is 2.63 bits per heavy atom. The van der Waals surface area contributed by atoms with E-state index in [0.29, 0.717) is 12.5 Å². The molecule has 3 rings (SSSR count). The summed E-state index contributed by atoms with van der Waals surface area (Å²) < 4.78 is 5.56. The van der Waals surface area contributed by atoms with Gasteiger partial charge in [0.1, 0.15) is 5.75 Å². The molecular weight excluding hydrogens is 344 g/mol. The zero-order valence-electron chi connectivity index (χ0n) is 16.3. The van der Waals surface area contributed by atoms with E-state index in [1.165, 1.54) is 11.1 Å². The third-order valence-electron chi connectivity index (χ3n) is 4.92. The second-order valence-electron chi connectivity index (χ2n) is 7.74. The number of hydrogen-bond acceptors (Lipinski definition) is 5. The van der Waals surface area contributed by atoms with Gasteiger partial charge in [-0.2, -0.15) is 0 Å². The molecule has 0 aliphatic carbocycles. The van der Waals surface area contributed by atoms with Crippen LogP contribution in [0.1, 0.15) is 25.0 Å². The van der Waals surface area contributed by atoms with Gasteiger partial charge in [0.15, 0.2) is 0 Å². The van der Waals surface area contributed by atoms with Gasteiger partial charge < -0.3 is 10.1 Å². The Balaban J connectivity index is 1.37. The van der Waals surface area contributed by atoms with Crippen molar-refractivity contribution in [2.24, 2.45) is 5.92 Å². The number of amides is 3. The highest BCUT2D eigenvalue weighted by atomic mass is 16.5. The van der Waals surface area contributed by atoms with Crippen molar-refractivity contribution < 1.29 is 14.3 Å². The van der Waals surface area contributed by atoms with Crippen LogP contribution in [0, 0.1) is 5.92 Å². The van der Waals surface area contributed by atoms with Gasteiger partial charge >= 0.3 is 6.03 Å². The van der Waals surface area contributed by atoms with Crippen molar-refractivity contribution in [1.82, 2.24) is 20.4 Å². The van der Waals surface area contributed by atoms with Crippen LogP contribution in [-0.4, -0.2) is 67.6 Å². The first-order valence-corrected chi connectivity index (χ1v) is 9.76. The number of rotatable bonds is 6. The zero-order valence-corrected chi connectivity index (χ0v) is 16.3. The number of carbonyl (C=O) groups excluding carboxylic acids is 2. The Bertz CT molecular complexity index is 669. The van der Waals surface area contributed by atoms with E-state index in [1.807, 2.05) is 13.8 Å². The van der Waals surface area contributed by atoms with E-state index in [4.69, 9.17) is 4.74 Å². The fourth-order valence-electron chi connectivity index (χ4n) is 3.41. The first-order chi connectivity index (χ1) is 13.0. The van der Waals surface area contributed by atoms with Crippen molar-refractivity contribution >= 4 is 11.9 Å². The minimum absolute atomic E-state index is 0.247. The van der Waals surface area contributed by atoms with Crippen molar-refractivity contribution in [2.45, 2.75) is 26.8 Å². The molecule has 0 aromatic heterocycles. The molecule has 2 N–H and O–H groups in total. The molecule has 148 valence electrons. The topological polar surface area (TPSA) is 73.9 Å². The molecule has 0 spiro atoms. The Hall–Kier alpha value is -2.12. The first kappa shape index (κ1) is 19.6. The number of imide groups is 1. The molecule has 1 saturated heterocycles. The molecule has 1 fully saturated rings. The Morgan fingerprint density at radius 2 is 1.89 bits per heavy atom. The standard InChI is InChI=1S/C20H30N4O3/c1-15(2)12-21-20(26)22-19(25)14-24-8-6-23(7-9-24)13-16-3-4-18-17(11-16)5-10-27-18/h3-4,11,15H,5-10,12-14H2,1-2H3,(H2,21,22,25,26). The molecule has 0 saturated carbocycles. The van der Waals surface area contributed by atoms with Gasteiger partial charge in [0, 0.05) is 45.7 Å². The molecule has 0 unspecified atom stereocenters. The summed E-state index contributed by atoms with van der Waals surface area (Å²) in [6.07, 6.45) is 0.997. The molecule has 27 heavy (non-hydrogen) atoms. The largest absolute Gasteiger partial charge is 0.493 e. The fourth-order valence-corrected chi connectivity index (χ4v) is 3.41. The van der Waals surface area contributed by atoms with Crippen LogP contribution in [0.4, 0.5) is 4.79 Å². The van der Waals surface area contributed by atoms with Crippen molar-refractivity contribution in [1.29, 1.82) is 0 Å². The van der Waals surface area contributed by atoms with Gasteiger partial charge in [-0.1, -0.05) is 26.0 Å². The van der Waals surface area contributed by atoms with E-state index in [0.717, 1.165) is 51.5 Å². The third-order valence-corrected chi connectivity index (χ3v) is 4.92. The van der Waals surface area contributed by atoms with E-state index in [1.54, 1.807) is 0 Å². The molecule has 0 atom stereocenters. The highest BCUT2D eigenvalue weighted by Gasteiger charge is 2.20. The maximum absolute atomic E-state index is 12.0. The number of benzene rings is 1. The second-order valence-corrected chi connectivity index (χ2v) is 7.74. The summed E-state index contributed by atoms with van der Waals surface area (Å²) >= 11 is 0. The summed E-state index contributed by atoms with van der Waals surface area (Å²) in [7, 11) is 0. The normalized spacial score (nSPS) is 17.4. The van der Waals surface area contributed by atoms with Gasteiger partial charge in [-0.3, -0.25) is 19.9 Å². The predicted octanol–water partition coefficient (Wildman–Crippen LogP) is 1.22. The summed E-state index contributed by atoms with van der Waals surface area (Å²) in [6.45, 7) is 10.0. The lowest BCUT2D eigenvalue weighted by atomic mass is 10.1. The lowest BCUT2D eigenvalue weighted by molar-refractivity contribution is -0.121. The summed E-state index contributed by atoms with van der Waals surface area (Å²) in [4.78, 5) is 28.2. The SMILES string of the molecule is CC(C)CNC(=O)NC(=O)CN1CCN(Cc2ccc3c(c2)CCO3)CC1. The molecule has 7 nitrogen and oxygen atoms in total. The van der Waals surface area contributed by atoms with Gasteiger partial charge in [-0.15, -0.1) is 0 Å². The van der Waals surface area contributed by atoms with Gasteiger partial charge in [0.2, 0.25) is 5.91 Å². The summed E-state index contributed by atoms with van der Waals surface area (Å²) in [6, 6.07) is 6.05. The summed E-state index contributed by atoms with van der Waals surface area (Å²) in [5.41, 5.74) is 2.62. The number of piperazine rings is 1. The molecule has 3 amide bonds. The highest BCUT2D eigenvalue weighted by molar-refractivity contribution is 5.95. The number of carbonyl (C=O) groups is 2. The van der Waals surface area contributed by atoms with Crippen LogP contribution in [0.2, 0.25) is 0 Å². The Kier molecular flexibility index (Phi) is 6.68. The van der Waals surface area contributed by atoms with Crippen molar-refractivity contribution in [3.63, 3.8) is 0 Å². The molecule has 1 aromatic carbocycles. The maximum atomic E-state index is 12.0. The number of hydrogen-bond donors (Lipinski definition) is 2. The minimum atomic E-state index is -0.409. The molecule has 2 aliphatic heterocycles. The lowest BCUT2D eigenvalue weighted by Gasteiger charge is -2.34. The summed E-state index contributed by atoms with van der Waals surface area (Å²) in [5, 5.41) is 5.10. The van der Waals surface area contributed by atoms with E-state index >= 15 is 0 Å². The number of urea groups is 1. The Labute approximate surface area is 161 Å². The number of nitrogens with zero attached hydrogens (tertiary/aromatic N) is 2. The van der Waals surface area contributed by atoms with Crippen molar-refractivity contribution in [3.05, 3.63) is 29.3 Å². The van der Waals surface area contributed by atoms with Crippen molar-refractivity contribution in [2.75, 3.05) is 45.9 Å². The summed E-state index contributed by atoms with van der Waals surface area (Å²) in [5.74, 6) is 1.13. The van der Waals surface area contributed by atoms with Gasteiger partial charge in [-0.05, 0) is 23.1 Å². The highest BCUT2D eigenvalue weighted by Crippen LogP contribution is 2.26. The van der Waals surface area contributed by atoms with Crippen LogP contribution in [-0.2, 0) is 17.8 Å². The molecule has 0 radical (unpaired) electrons. The molecule has 7 heteroatoms. The lowest BCUT2D eigenvalue weighted by Crippen LogP contribution is -2.51. The first-order valence-electron chi connectivity index (χ1n) is 9.76.